The molecule has 1 aliphatic carbocycles. The van der Waals surface area contributed by atoms with Gasteiger partial charge in [0.1, 0.15) is 0 Å². The van der Waals surface area contributed by atoms with Gasteiger partial charge in [0.05, 0.1) is 12.7 Å². The number of allylic oxidation sites excluding steroid dienone is 3. The summed E-state index contributed by atoms with van der Waals surface area (Å²) in [5.41, 5.74) is 2.22. The molecule has 0 aromatic heterocycles. The van der Waals surface area contributed by atoms with Crippen LogP contribution >= 0.6 is 0 Å². The van der Waals surface area contributed by atoms with Crippen molar-refractivity contribution in [2.75, 3.05) is 27.3 Å². The Balaban J connectivity index is 2.09. The molecule has 0 spiro atoms. The zero-order valence-electron chi connectivity index (χ0n) is 23.2. The minimum Gasteiger partial charge on any atom is -0.410 e. The van der Waals surface area contributed by atoms with Crippen LogP contribution in [0.3, 0.4) is 0 Å². The zero-order chi connectivity index (χ0) is 25.6. The van der Waals surface area contributed by atoms with Crippen molar-refractivity contribution in [1.29, 1.82) is 0 Å². The van der Waals surface area contributed by atoms with Crippen LogP contribution in [-0.4, -0.2) is 58.8 Å². The topological polar surface area (TPSA) is 48.0 Å². The van der Waals surface area contributed by atoms with Crippen LogP contribution in [-0.2, 0) is 18.7 Å². The first-order valence-electron chi connectivity index (χ1n) is 12.9. The molecule has 1 amide bonds. The van der Waals surface area contributed by atoms with Gasteiger partial charge in [-0.2, -0.15) is 0 Å². The molecule has 0 radical (unpaired) electrons. The van der Waals surface area contributed by atoms with Gasteiger partial charge in [0.15, 0.2) is 14.6 Å². The highest BCUT2D eigenvalue weighted by molar-refractivity contribution is 6.74. The van der Waals surface area contributed by atoms with Gasteiger partial charge in [0.2, 0.25) is 5.91 Å². The Hall–Kier alpha value is -1.21. The summed E-state index contributed by atoms with van der Waals surface area (Å²) in [6.45, 7) is 17.2. The van der Waals surface area contributed by atoms with Crippen LogP contribution in [0.2, 0.25) is 18.1 Å². The first-order valence-corrected chi connectivity index (χ1v) is 15.8. The van der Waals surface area contributed by atoms with Gasteiger partial charge >= 0.3 is 0 Å². The number of hydrogen-bond donors (Lipinski definition) is 0. The molecule has 2 aliphatic rings. The number of rotatable bonds is 9. The Bertz CT molecular complexity index is 772. The molecule has 6 heteroatoms. The fourth-order valence-electron chi connectivity index (χ4n) is 4.18. The number of likely N-dealkylation sites (N-methyl/N-ethyl adjacent to an activating group) is 1. The standard InChI is InChI=1S/C28H49NO4Si/c1-22(16-20-32-26-14-10-11-19-31-26)13-12-17-28(5)18-15-24(23(28)21-25(30)29(6)7)33-34(8,9)27(2,3)4/h12,16-17,21,24,26H,10-11,13-15,18-20H2,1-9H3/b17-12+,22-16+,23-21+/t24-,26?,28+/m0/s1. The minimum absolute atomic E-state index is 0.0000241. The molecule has 5 nitrogen and oxygen atoms in total. The van der Waals surface area contributed by atoms with Crippen molar-refractivity contribution in [3.63, 3.8) is 0 Å². The molecule has 3 atom stereocenters. The molecule has 0 N–H and O–H groups in total. The van der Waals surface area contributed by atoms with Gasteiger partial charge in [-0.1, -0.05) is 51.5 Å². The smallest absolute Gasteiger partial charge is 0.246 e. The lowest BCUT2D eigenvalue weighted by molar-refractivity contribution is -0.155. The maximum Gasteiger partial charge on any atom is 0.246 e. The van der Waals surface area contributed by atoms with Crippen LogP contribution in [0.25, 0.3) is 0 Å². The first-order chi connectivity index (χ1) is 15.7. The molecule has 1 heterocycles. The van der Waals surface area contributed by atoms with Gasteiger partial charge in [0, 0.05) is 32.2 Å². The zero-order valence-corrected chi connectivity index (χ0v) is 24.2. The Labute approximate surface area is 209 Å². The van der Waals surface area contributed by atoms with Gasteiger partial charge in [-0.25, -0.2) is 0 Å². The van der Waals surface area contributed by atoms with E-state index in [-0.39, 0.29) is 28.8 Å². The van der Waals surface area contributed by atoms with Crippen molar-refractivity contribution in [1.82, 2.24) is 4.90 Å². The van der Waals surface area contributed by atoms with E-state index in [0.29, 0.717) is 6.61 Å². The Kier molecular flexibility index (Phi) is 10.4. The molecule has 2 fully saturated rings. The van der Waals surface area contributed by atoms with Crippen molar-refractivity contribution >= 4 is 14.2 Å². The van der Waals surface area contributed by atoms with Gasteiger partial charge in [0.25, 0.3) is 0 Å². The molecular formula is C28H49NO4Si. The lowest BCUT2D eigenvalue weighted by Gasteiger charge is -2.39. The number of hydrogen-bond acceptors (Lipinski definition) is 4. The lowest BCUT2D eigenvalue weighted by atomic mass is 9.83. The lowest BCUT2D eigenvalue weighted by Crippen LogP contribution is -2.44. The van der Waals surface area contributed by atoms with Gasteiger partial charge in [-0.05, 0) is 69.2 Å². The summed E-state index contributed by atoms with van der Waals surface area (Å²) in [4.78, 5) is 14.3. The molecule has 0 aromatic rings. The fraction of sp³-hybridized carbons (Fsp3) is 0.750. The van der Waals surface area contributed by atoms with Crippen LogP contribution < -0.4 is 0 Å². The number of ether oxygens (including phenoxy) is 2. The van der Waals surface area contributed by atoms with E-state index in [1.165, 1.54) is 12.0 Å². The monoisotopic (exact) mass is 491 g/mol. The Morgan fingerprint density at radius 1 is 1.24 bits per heavy atom. The van der Waals surface area contributed by atoms with Crippen molar-refractivity contribution < 1.29 is 18.7 Å². The summed E-state index contributed by atoms with van der Waals surface area (Å²) in [5.74, 6) is 0.0264. The largest absolute Gasteiger partial charge is 0.410 e. The normalized spacial score (nSPS) is 28.1. The van der Waals surface area contributed by atoms with Crippen LogP contribution in [0, 0.1) is 5.41 Å². The van der Waals surface area contributed by atoms with Gasteiger partial charge in [-0.15, -0.1) is 0 Å². The quantitative estimate of drug-likeness (QED) is 0.206. The summed E-state index contributed by atoms with van der Waals surface area (Å²) in [6.07, 6.45) is 14.6. The third-order valence-electron chi connectivity index (χ3n) is 7.67. The molecule has 0 bridgehead atoms. The third kappa shape index (κ3) is 8.18. The Morgan fingerprint density at radius 2 is 1.94 bits per heavy atom. The predicted octanol–water partition coefficient (Wildman–Crippen LogP) is 6.63. The molecule has 1 aliphatic heterocycles. The molecule has 0 aromatic carbocycles. The van der Waals surface area contributed by atoms with E-state index in [1.54, 1.807) is 19.0 Å². The molecular weight excluding hydrogens is 442 g/mol. The number of nitrogens with zero attached hydrogens (tertiary/aromatic N) is 1. The van der Waals surface area contributed by atoms with E-state index < -0.39 is 8.32 Å². The number of amides is 1. The maximum atomic E-state index is 12.7. The number of carbonyl (C=O) groups excluding carboxylic acids is 1. The van der Waals surface area contributed by atoms with Crippen LogP contribution in [0.4, 0.5) is 0 Å². The van der Waals surface area contributed by atoms with Crippen molar-refractivity contribution in [2.24, 2.45) is 5.41 Å². The number of carbonyl (C=O) groups is 1. The van der Waals surface area contributed by atoms with Crippen LogP contribution in [0.1, 0.15) is 73.1 Å². The molecule has 194 valence electrons. The maximum absolute atomic E-state index is 12.7. The summed E-state index contributed by atoms with van der Waals surface area (Å²) in [6, 6.07) is 0. The van der Waals surface area contributed by atoms with Crippen molar-refractivity contribution in [3.8, 4) is 0 Å². The highest BCUT2D eigenvalue weighted by Crippen LogP contribution is 2.48. The Morgan fingerprint density at radius 3 is 2.53 bits per heavy atom. The average molecular weight is 492 g/mol. The SMILES string of the molecule is C/C(=C\COC1CCCCO1)C/C=C/[C@]1(C)CC[C@H](O[Si](C)(C)C(C)(C)C)/C1=C\C(=O)N(C)C. The van der Waals surface area contributed by atoms with Crippen LogP contribution in [0.5, 0.6) is 0 Å². The van der Waals surface area contributed by atoms with Crippen LogP contribution in [0.15, 0.2) is 35.5 Å². The molecule has 1 saturated heterocycles. The van der Waals surface area contributed by atoms with Gasteiger partial charge in [-0.3, -0.25) is 4.79 Å². The molecule has 1 saturated carbocycles. The molecule has 2 rings (SSSR count). The average Bonchev–Trinajstić information content (AvgIpc) is 3.03. The second-order valence-electron chi connectivity index (χ2n) is 11.9. The first kappa shape index (κ1) is 29.0. The second-order valence-corrected chi connectivity index (χ2v) is 16.7. The highest BCUT2D eigenvalue weighted by atomic mass is 28.4. The minimum atomic E-state index is -1.95. The second kappa shape index (κ2) is 12.2. The van der Waals surface area contributed by atoms with E-state index in [1.807, 2.05) is 6.08 Å². The van der Waals surface area contributed by atoms with Gasteiger partial charge < -0.3 is 18.8 Å². The predicted molar refractivity (Wildman–Crippen MR) is 143 cm³/mol. The summed E-state index contributed by atoms with van der Waals surface area (Å²) >= 11 is 0. The van der Waals surface area contributed by atoms with E-state index in [0.717, 1.165) is 44.3 Å². The molecule has 34 heavy (non-hydrogen) atoms. The summed E-state index contributed by atoms with van der Waals surface area (Å²) in [5, 5.41) is 0.130. The summed E-state index contributed by atoms with van der Waals surface area (Å²) in [7, 11) is 1.66. The van der Waals surface area contributed by atoms with Crippen molar-refractivity contribution in [3.05, 3.63) is 35.5 Å². The van der Waals surface area contributed by atoms with E-state index >= 15 is 0 Å². The fourth-order valence-corrected chi connectivity index (χ4v) is 5.49. The summed E-state index contributed by atoms with van der Waals surface area (Å²) < 4.78 is 18.3. The van der Waals surface area contributed by atoms with E-state index in [4.69, 9.17) is 13.9 Å². The third-order valence-corrected chi connectivity index (χ3v) is 12.2. The molecule has 1 unspecified atom stereocenters. The van der Waals surface area contributed by atoms with E-state index in [9.17, 15) is 4.79 Å². The highest BCUT2D eigenvalue weighted by Gasteiger charge is 2.45. The van der Waals surface area contributed by atoms with Crippen molar-refractivity contribution in [2.45, 2.75) is 104 Å². The van der Waals surface area contributed by atoms with E-state index in [2.05, 4.69) is 65.9 Å².